The SMILES string of the molecule is C#CC(C)(C)NC(=O)N1CC(O)C[C@H]1C(=O)O. The second-order valence-corrected chi connectivity index (χ2v) is 4.60. The molecule has 1 aliphatic rings. The molecule has 1 heterocycles. The van der Waals surface area contributed by atoms with Gasteiger partial charge >= 0.3 is 12.0 Å². The first-order valence-electron chi connectivity index (χ1n) is 5.24. The van der Waals surface area contributed by atoms with Gasteiger partial charge in [-0.25, -0.2) is 9.59 Å². The molecule has 1 rings (SSSR count). The number of likely N-dealkylation sites (tertiary alicyclic amines) is 1. The van der Waals surface area contributed by atoms with Gasteiger partial charge in [0.15, 0.2) is 0 Å². The number of urea groups is 1. The van der Waals surface area contributed by atoms with Crippen LogP contribution in [0.3, 0.4) is 0 Å². The van der Waals surface area contributed by atoms with Crippen LogP contribution in [0.25, 0.3) is 0 Å². The Hall–Kier alpha value is -1.74. The van der Waals surface area contributed by atoms with E-state index in [1.807, 2.05) is 0 Å². The number of aliphatic hydroxyl groups excluding tert-OH is 1. The number of β-amino-alcohol motifs (C(OH)–C–C–N with tert-alkyl or cyclic N) is 1. The van der Waals surface area contributed by atoms with Gasteiger partial charge in [-0.3, -0.25) is 0 Å². The number of nitrogens with one attached hydrogen (secondary N) is 1. The summed E-state index contributed by atoms with van der Waals surface area (Å²) in [4.78, 5) is 23.8. The molecule has 2 amide bonds. The Kier molecular flexibility index (Phi) is 3.63. The largest absolute Gasteiger partial charge is 0.480 e. The molecular weight excluding hydrogens is 224 g/mol. The normalized spacial score (nSPS) is 24.2. The monoisotopic (exact) mass is 240 g/mol. The van der Waals surface area contributed by atoms with Crippen LogP contribution in [0.4, 0.5) is 4.79 Å². The second-order valence-electron chi connectivity index (χ2n) is 4.60. The summed E-state index contributed by atoms with van der Waals surface area (Å²) in [5.74, 6) is 1.25. The number of carbonyl (C=O) groups excluding carboxylic acids is 1. The van der Waals surface area contributed by atoms with E-state index in [9.17, 15) is 14.7 Å². The quantitative estimate of drug-likeness (QED) is 0.574. The zero-order valence-electron chi connectivity index (χ0n) is 9.80. The van der Waals surface area contributed by atoms with Crippen molar-refractivity contribution in [1.29, 1.82) is 0 Å². The minimum atomic E-state index is -1.13. The summed E-state index contributed by atoms with van der Waals surface area (Å²) in [6, 6.07) is -1.57. The molecule has 0 saturated carbocycles. The average molecular weight is 240 g/mol. The molecule has 0 aromatic heterocycles. The van der Waals surface area contributed by atoms with Gasteiger partial charge in [0.2, 0.25) is 0 Å². The van der Waals surface area contributed by atoms with Crippen LogP contribution in [0.1, 0.15) is 20.3 Å². The van der Waals surface area contributed by atoms with Gasteiger partial charge in [0.1, 0.15) is 6.04 Å². The van der Waals surface area contributed by atoms with Crippen LogP contribution in [0.15, 0.2) is 0 Å². The van der Waals surface area contributed by atoms with Crippen molar-refractivity contribution in [2.75, 3.05) is 6.54 Å². The van der Waals surface area contributed by atoms with Crippen molar-refractivity contribution in [3.63, 3.8) is 0 Å². The van der Waals surface area contributed by atoms with Gasteiger partial charge in [-0.05, 0) is 13.8 Å². The first-order chi connectivity index (χ1) is 7.76. The maximum absolute atomic E-state index is 11.8. The first-order valence-corrected chi connectivity index (χ1v) is 5.24. The van der Waals surface area contributed by atoms with Crippen molar-refractivity contribution < 1.29 is 19.8 Å². The fourth-order valence-electron chi connectivity index (χ4n) is 1.65. The Morgan fingerprint density at radius 3 is 2.59 bits per heavy atom. The van der Waals surface area contributed by atoms with E-state index >= 15 is 0 Å². The van der Waals surface area contributed by atoms with Crippen LogP contribution in [-0.4, -0.2) is 51.3 Å². The minimum absolute atomic E-state index is 0.00342. The van der Waals surface area contributed by atoms with Crippen molar-refractivity contribution in [1.82, 2.24) is 10.2 Å². The summed E-state index contributed by atoms with van der Waals surface area (Å²) in [5, 5.41) is 20.9. The summed E-state index contributed by atoms with van der Waals surface area (Å²) >= 11 is 0. The molecule has 1 fully saturated rings. The first kappa shape index (κ1) is 13.3. The zero-order valence-corrected chi connectivity index (χ0v) is 9.80. The zero-order chi connectivity index (χ0) is 13.2. The molecule has 0 aromatic rings. The third kappa shape index (κ3) is 3.11. The maximum atomic E-state index is 11.8. The standard InChI is InChI=1S/C11H16N2O4/c1-4-11(2,3)12-10(17)13-6-7(14)5-8(13)9(15)16/h1,7-8,14H,5-6H2,2-3H3,(H,12,17)(H,15,16)/t7?,8-/m0/s1. The molecule has 0 bridgehead atoms. The summed E-state index contributed by atoms with van der Waals surface area (Å²) in [7, 11) is 0. The molecule has 0 radical (unpaired) electrons. The van der Waals surface area contributed by atoms with E-state index in [4.69, 9.17) is 11.5 Å². The summed E-state index contributed by atoms with van der Waals surface area (Å²) < 4.78 is 0. The minimum Gasteiger partial charge on any atom is -0.480 e. The number of terminal acetylenes is 1. The molecule has 0 aliphatic carbocycles. The molecule has 1 saturated heterocycles. The van der Waals surface area contributed by atoms with Crippen LogP contribution in [-0.2, 0) is 4.79 Å². The van der Waals surface area contributed by atoms with Crippen molar-refractivity contribution >= 4 is 12.0 Å². The molecule has 0 aromatic carbocycles. The Bertz CT molecular complexity index is 372. The molecular formula is C11H16N2O4. The highest BCUT2D eigenvalue weighted by atomic mass is 16.4. The number of carboxylic acids is 1. The van der Waals surface area contributed by atoms with E-state index in [0.29, 0.717) is 0 Å². The van der Waals surface area contributed by atoms with Crippen molar-refractivity contribution in [3.8, 4) is 12.3 Å². The Morgan fingerprint density at radius 1 is 1.53 bits per heavy atom. The average Bonchev–Trinajstić information content (AvgIpc) is 2.60. The lowest BCUT2D eigenvalue weighted by Crippen LogP contribution is -2.52. The van der Waals surface area contributed by atoms with Crippen LogP contribution >= 0.6 is 0 Å². The highest BCUT2D eigenvalue weighted by molar-refractivity contribution is 5.84. The predicted molar refractivity (Wildman–Crippen MR) is 60.2 cm³/mol. The summed E-state index contributed by atoms with van der Waals surface area (Å²) in [5.41, 5.74) is -0.853. The molecule has 17 heavy (non-hydrogen) atoms. The van der Waals surface area contributed by atoms with E-state index < -0.39 is 29.7 Å². The lowest BCUT2D eigenvalue weighted by Gasteiger charge is -2.27. The molecule has 6 heteroatoms. The van der Waals surface area contributed by atoms with Gasteiger partial charge in [-0.2, -0.15) is 0 Å². The Morgan fingerprint density at radius 2 is 2.12 bits per heavy atom. The molecule has 3 N–H and O–H groups in total. The molecule has 94 valence electrons. The number of carbonyl (C=O) groups is 2. The van der Waals surface area contributed by atoms with E-state index in [2.05, 4.69) is 11.2 Å². The molecule has 6 nitrogen and oxygen atoms in total. The van der Waals surface area contributed by atoms with Crippen LogP contribution in [0, 0.1) is 12.3 Å². The Balaban J connectivity index is 2.75. The van der Waals surface area contributed by atoms with Crippen LogP contribution < -0.4 is 5.32 Å². The predicted octanol–water partition coefficient (Wildman–Crippen LogP) is -0.372. The fraction of sp³-hybridized carbons (Fsp3) is 0.636. The van der Waals surface area contributed by atoms with E-state index in [1.54, 1.807) is 13.8 Å². The van der Waals surface area contributed by atoms with Crippen molar-refractivity contribution in [3.05, 3.63) is 0 Å². The van der Waals surface area contributed by atoms with E-state index in [1.165, 1.54) is 0 Å². The highest BCUT2D eigenvalue weighted by Crippen LogP contribution is 2.18. The topological polar surface area (TPSA) is 89.9 Å². The molecule has 1 unspecified atom stereocenters. The van der Waals surface area contributed by atoms with Crippen LogP contribution in [0.5, 0.6) is 0 Å². The van der Waals surface area contributed by atoms with Gasteiger partial charge in [0, 0.05) is 13.0 Å². The summed E-state index contributed by atoms with van der Waals surface area (Å²) in [6.07, 6.45) is 4.46. The van der Waals surface area contributed by atoms with Crippen LogP contribution in [0.2, 0.25) is 0 Å². The van der Waals surface area contributed by atoms with E-state index in [-0.39, 0.29) is 13.0 Å². The van der Waals surface area contributed by atoms with Crippen molar-refractivity contribution in [2.45, 2.75) is 38.0 Å². The van der Waals surface area contributed by atoms with Crippen molar-refractivity contribution in [2.24, 2.45) is 0 Å². The highest BCUT2D eigenvalue weighted by Gasteiger charge is 2.39. The number of amides is 2. The maximum Gasteiger partial charge on any atom is 0.326 e. The summed E-state index contributed by atoms with van der Waals surface area (Å²) in [6.45, 7) is 3.27. The second kappa shape index (κ2) is 4.63. The van der Waals surface area contributed by atoms with Gasteiger partial charge in [-0.15, -0.1) is 6.42 Å². The number of aliphatic hydroxyl groups is 1. The van der Waals surface area contributed by atoms with Gasteiger partial charge in [0.25, 0.3) is 0 Å². The third-order valence-corrected chi connectivity index (χ3v) is 2.61. The lowest BCUT2D eigenvalue weighted by molar-refractivity contribution is -0.141. The fourth-order valence-corrected chi connectivity index (χ4v) is 1.65. The lowest BCUT2D eigenvalue weighted by atomic mass is 10.1. The van der Waals surface area contributed by atoms with Gasteiger partial charge in [-0.1, -0.05) is 5.92 Å². The number of hydrogen-bond donors (Lipinski definition) is 3. The third-order valence-electron chi connectivity index (χ3n) is 2.61. The van der Waals surface area contributed by atoms with Gasteiger partial charge in [0.05, 0.1) is 11.6 Å². The number of aliphatic carboxylic acids is 1. The van der Waals surface area contributed by atoms with E-state index in [0.717, 1.165) is 4.90 Å². The molecule has 1 aliphatic heterocycles. The van der Waals surface area contributed by atoms with Gasteiger partial charge < -0.3 is 20.4 Å². The smallest absolute Gasteiger partial charge is 0.326 e. The Labute approximate surface area is 99.6 Å². The molecule has 2 atom stereocenters. The number of carboxylic acid groups (broad SMARTS) is 1. The number of rotatable bonds is 2. The number of hydrogen-bond acceptors (Lipinski definition) is 3. The number of nitrogens with zero attached hydrogens (tertiary/aromatic N) is 1. The molecule has 0 spiro atoms.